The average Bonchev–Trinajstić information content (AvgIpc) is 2.05. The molecule has 13 heavy (non-hydrogen) atoms. The van der Waals surface area contributed by atoms with Crippen LogP contribution >= 0.6 is 0 Å². The minimum Gasteiger partial charge on any atom is -0.481 e. The fraction of sp³-hybridized carbons (Fsp3) is 0.125. The lowest BCUT2D eigenvalue weighted by molar-refractivity contribution is -0.134. The molecule has 4 N–H and O–H groups in total. The second-order valence-electron chi connectivity index (χ2n) is 2.17. The van der Waals surface area contributed by atoms with E-state index in [-0.39, 0.29) is 5.84 Å². The third-order valence-electron chi connectivity index (χ3n) is 0.973. The topological polar surface area (TPSA) is 100 Å². The molecule has 1 heterocycles. The van der Waals surface area contributed by atoms with Crippen LogP contribution in [-0.4, -0.2) is 21.9 Å². The fourth-order valence-corrected chi connectivity index (χ4v) is 0.522. The maximum absolute atomic E-state index is 9.00. The normalized spacial score (nSPS) is 8.08. The zero-order chi connectivity index (χ0) is 10.3. The molecule has 0 radical (unpaired) electrons. The summed E-state index contributed by atoms with van der Waals surface area (Å²) in [7, 11) is 0. The SMILES string of the molecule is CC(=O)O.N=C(N)c1cccnc1. The van der Waals surface area contributed by atoms with Crippen molar-refractivity contribution in [1.29, 1.82) is 5.41 Å². The molecule has 1 rings (SSSR count). The number of hydrogen-bond acceptors (Lipinski definition) is 3. The Bertz CT molecular complexity index is 281. The van der Waals surface area contributed by atoms with E-state index in [0.717, 1.165) is 6.92 Å². The van der Waals surface area contributed by atoms with E-state index >= 15 is 0 Å². The van der Waals surface area contributed by atoms with Crippen LogP contribution in [0.25, 0.3) is 0 Å². The second-order valence-corrected chi connectivity index (χ2v) is 2.17. The lowest BCUT2D eigenvalue weighted by Crippen LogP contribution is -2.10. The minimum absolute atomic E-state index is 0.0584. The summed E-state index contributed by atoms with van der Waals surface area (Å²) in [5.41, 5.74) is 5.82. The number of pyridine rings is 1. The van der Waals surface area contributed by atoms with Gasteiger partial charge in [0.15, 0.2) is 0 Å². The molecule has 0 bridgehead atoms. The first-order valence-electron chi connectivity index (χ1n) is 3.48. The summed E-state index contributed by atoms with van der Waals surface area (Å²) >= 11 is 0. The van der Waals surface area contributed by atoms with Crippen molar-refractivity contribution in [2.75, 3.05) is 0 Å². The van der Waals surface area contributed by atoms with Gasteiger partial charge in [0.05, 0.1) is 0 Å². The number of carboxylic acid groups (broad SMARTS) is 1. The summed E-state index contributed by atoms with van der Waals surface area (Å²) in [4.78, 5) is 12.8. The van der Waals surface area contributed by atoms with Crippen LogP contribution in [0.5, 0.6) is 0 Å². The molecule has 0 unspecified atom stereocenters. The molecular weight excluding hydrogens is 170 g/mol. The van der Waals surface area contributed by atoms with Crippen molar-refractivity contribution >= 4 is 11.8 Å². The summed E-state index contributed by atoms with van der Waals surface area (Å²) in [6, 6.07) is 3.49. The average molecular weight is 181 g/mol. The molecule has 1 aromatic rings. The third-order valence-corrected chi connectivity index (χ3v) is 0.973. The first kappa shape index (κ1) is 11.1. The molecular formula is C8H11N3O2. The predicted molar refractivity (Wildman–Crippen MR) is 48.6 cm³/mol. The van der Waals surface area contributed by atoms with Crippen molar-refractivity contribution in [2.45, 2.75) is 6.92 Å². The van der Waals surface area contributed by atoms with Gasteiger partial charge in [0, 0.05) is 24.9 Å². The Hall–Kier alpha value is -1.91. The lowest BCUT2D eigenvalue weighted by Gasteiger charge is -1.92. The van der Waals surface area contributed by atoms with Gasteiger partial charge in [-0.15, -0.1) is 0 Å². The number of carbonyl (C=O) groups is 1. The number of nitrogens with one attached hydrogen (secondary N) is 1. The van der Waals surface area contributed by atoms with Gasteiger partial charge in [0.2, 0.25) is 0 Å². The molecule has 5 heteroatoms. The van der Waals surface area contributed by atoms with Gasteiger partial charge in [0.25, 0.3) is 5.97 Å². The maximum Gasteiger partial charge on any atom is 0.300 e. The Morgan fingerprint density at radius 1 is 1.69 bits per heavy atom. The van der Waals surface area contributed by atoms with Crippen molar-refractivity contribution < 1.29 is 9.90 Å². The minimum atomic E-state index is -0.833. The first-order chi connectivity index (χ1) is 6.04. The van der Waals surface area contributed by atoms with Crippen molar-refractivity contribution in [3.63, 3.8) is 0 Å². The van der Waals surface area contributed by atoms with Crippen LogP contribution in [0.2, 0.25) is 0 Å². The zero-order valence-corrected chi connectivity index (χ0v) is 7.19. The number of carboxylic acids is 1. The number of hydrogen-bond donors (Lipinski definition) is 3. The van der Waals surface area contributed by atoms with Crippen LogP contribution in [0.4, 0.5) is 0 Å². The first-order valence-corrected chi connectivity index (χ1v) is 3.48. The van der Waals surface area contributed by atoms with E-state index in [1.165, 1.54) is 0 Å². The Balaban J connectivity index is 0.000000310. The number of nitrogens with zero attached hydrogens (tertiary/aromatic N) is 1. The molecule has 70 valence electrons. The van der Waals surface area contributed by atoms with Crippen LogP contribution in [0.3, 0.4) is 0 Å². The smallest absolute Gasteiger partial charge is 0.300 e. The molecule has 0 aromatic carbocycles. The van der Waals surface area contributed by atoms with Gasteiger partial charge in [-0.05, 0) is 12.1 Å². The van der Waals surface area contributed by atoms with Crippen molar-refractivity contribution in [3.8, 4) is 0 Å². The van der Waals surface area contributed by atoms with Crippen LogP contribution < -0.4 is 5.73 Å². The predicted octanol–water partition coefficient (Wildman–Crippen LogP) is 0.457. The monoisotopic (exact) mass is 181 g/mol. The van der Waals surface area contributed by atoms with Gasteiger partial charge in [0.1, 0.15) is 5.84 Å². The Kier molecular flexibility index (Phi) is 4.87. The molecule has 0 aliphatic carbocycles. The largest absolute Gasteiger partial charge is 0.481 e. The van der Waals surface area contributed by atoms with E-state index in [1.54, 1.807) is 24.5 Å². The van der Waals surface area contributed by atoms with Crippen LogP contribution in [0.15, 0.2) is 24.5 Å². The zero-order valence-electron chi connectivity index (χ0n) is 7.19. The van der Waals surface area contributed by atoms with E-state index in [9.17, 15) is 0 Å². The summed E-state index contributed by atoms with van der Waals surface area (Å²) in [6.45, 7) is 1.08. The lowest BCUT2D eigenvalue weighted by atomic mass is 10.3. The fourth-order valence-electron chi connectivity index (χ4n) is 0.522. The molecule has 5 nitrogen and oxygen atoms in total. The standard InChI is InChI=1S/C6H7N3.C2H4O2/c7-6(8)5-2-1-3-9-4-5;1-2(3)4/h1-4H,(H3,7,8);1H3,(H,3,4). The van der Waals surface area contributed by atoms with E-state index in [2.05, 4.69) is 4.98 Å². The number of nitrogen functional groups attached to an aromatic ring is 1. The molecule has 0 saturated heterocycles. The van der Waals surface area contributed by atoms with E-state index < -0.39 is 5.97 Å². The Labute approximate surface area is 75.7 Å². The number of amidine groups is 1. The molecule has 0 aliphatic heterocycles. The van der Waals surface area contributed by atoms with Crippen molar-refractivity contribution in [2.24, 2.45) is 5.73 Å². The highest BCUT2D eigenvalue weighted by Gasteiger charge is 1.90. The molecule has 0 saturated carbocycles. The third kappa shape index (κ3) is 6.49. The molecule has 0 spiro atoms. The van der Waals surface area contributed by atoms with Crippen molar-refractivity contribution in [3.05, 3.63) is 30.1 Å². The Morgan fingerprint density at radius 2 is 2.23 bits per heavy atom. The van der Waals surface area contributed by atoms with Gasteiger partial charge in [-0.2, -0.15) is 0 Å². The number of nitrogens with two attached hydrogens (primary N) is 1. The quantitative estimate of drug-likeness (QED) is 0.432. The van der Waals surface area contributed by atoms with Crippen LogP contribution in [0.1, 0.15) is 12.5 Å². The summed E-state index contributed by atoms with van der Waals surface area (Å²) in [5, 5.41) is 14.4. The Morgan fingerprint density at radius 3 is 2.46 bits per heavy atom. The second kappa shape index (κ2) is 5.70. The highest BCUT2D eigenvalue weighted by molar-refractivity contribution is 5.94. The molecule has 0 fully saturated rings. The summed E-state index contributed by atoms with van der Waals surface area (Å²) < 4.78 is 0. The van der Waals surface area contributed by atoms with Crippen molar-refractivity contribution in [1.82, 2.24) is 4.98 Å². The van der Waals surface area contributed by atoms with Gasteiger partial charge in [-0.3, -0.25) is 15.2 Å². The van der Waals surface area contributed by atoms with E-state index in [1.807, 2.05) is 0 Å². The molecule has 0 atom stereocenters. The molecule has 1 aromatic heterocycles. The maximum atomic E-state index is 9.00. The number of aromatic nitrogens is 1. The van der Waals surface area contributed by atoms with Gasteiger partial charge in [-0.1, -0.05) is 0 Å². The van der Waals surface area contributed by atoms with E-state index in [0.29, 0.717) is 5.56 Å². The number of aliphatic carboxylic acids is 1. The van der Waals surface area contributed by atoms with Gasteiger partial charge in [-0.25, -0.2) is 0 Å². The highest BCUT2D eigenvalue weighted by Crippen LogP contribution is 1.91. The molecule has 0 amide bonds. The summed E-state index contributed by atoms with van der Waals surface area (Å²) in [5.74, 6) is -0.775. The molecule has 0 aliphatic rings. The van der Waals surface area contributed by atoms with Crippen LogP contribution in [-0.2, 0) is 4.79 Å². The van der Waals surface area contributed by atoms with Gasteiger partial charge >= 0.3 is 0 Å². The van der Waals surface area contributed by atoms with Gasteiger partial charge < -0.3 is 10.8 Å². The van der Waals surface area contributed by atoms with Crippen LogP contribution in [0, 0.1) is 5.41 Å². The van der Waals surface area contributed by atoms with E-state index in [4.69, 9.17) is 21.0 Å². The summed E-state index contributed by atoms with van der Waals surface area (Å²) in [6.07, 6.45) is 3.20. The highest BCUT2D eigenvalue weighted by atomic mass is 16.4. The number of rotatable bonds is 1.